The summed E-state index contributed by atoms with van der Waals surface area (Å²) in [6.45, 7) is 7.60. The number of hydrogen-bond acceptors (Lipinski definition) is 2. The Morgan fingerprint density at radius 2 is 2.22 bits per heavy atom. The molecular formula is C15H27N3. The summed E-state index contributed by atoms with van der Waals surface area (Å²) < 4.78 is 2.12. The molecule has 3 heteroatoms. The van der Waals surface area contributed by atoms with E-state index in [4.69, 9.17) is 5.73 Å². The fraction of sp³-hybridized carbons (Fsp3) is 0.800. The molecule has 102 valence electrons. The van der Waals surface area contributed by atoms with E-state index in [9.17, 15) is 0 Å². The normalized spacial score (nSPS) is 25.6. The molecule has 2 N–H and O–H groups in total. The van der Waals surface area contributed by atoms with Gasteiger partial charge in [-0.25, -0.2) is 0 Å². The lowest BCUT2D eigenvalue weighted by Crippen LogP contribution is -2.31. The maximum atomic E-state index is 6.41. The Bertz CT molecular complexity index is 383. The molecule has 0 spiro atoms. The quantitative estimate of drug-likeness (QED) is 0.872. The lowest BCUT2D eigenvalue weighted by molar-refractivity contribution is 0.406. The van der Waals surface area contributed by atoms with Crippen molar-refractivity contribution >= 4 is 0 Å². The number of aryl methyl sites for hydroxylation is 2. The van der Waals surface area contributed by atoms with Crippen LogP contribution in [0.3, 0.4) is 0 Å². The van der Waals surface area contributed by atoms with Gasteiger partial charge in [-0.1, -0.05) is 20.3 Å². The molecule has 1 fully saturated rings. The molecule has 0 saturated heterocycles. The van der Waals surface area contributed by atoms with Crippen molar-refractivity contribution in [3.8, 4) is 0 Å². The van der Waals surface area contributed by atoms with Crippen molar-refractivity contribution in [2.45, 2.75) is 65.5 Å². The highest BCUT2D eigenvalue weighted by Crippen LogP contribution is 2.32. The van der Waals surface area contributed by atoms with E-state index in [-0.39, 0.29) is 0 Å². The summed E-state index contributed by atoms with van der Waals surface area (Å²) in [5.74, 6) is 1.58. The van der Waals surface area contributed by atoms with E-state index < -0.39 is 0 Å². The minimum Gasteiger partial charge on any atom is -0.327 e. The first-order valence-electron chi connectivity index (χ1n) is 7.45. The van der Waals surface area contributed by atoms with Gasteiger partial charge in [0.15, 0.2) is 0 Å². The van der Waals surface area contributed by atoms with Crippen molar-refractivity contribution in [3.63, 3.8) is 0 Å². The van der Waals surface area contributed by atoms with E-state index in [1.54, 1.807) is 0 Å². The van der Waals surface area contributed by atoms with Gasteiger partial charge >= 0.3 is 0 Å². The van der Waals surface area contributed by atoms with Crippen LogP contribution in [0.15, 0.2) is 6.07 Å². The molecule has 0 aromatic carbocycles. The van der Waals surface area contributed by atoms with Gasteiger partial charge in [0.2, 0.25) is 0 Å². The maximum Gasteiger partial charge on any atom is 0.0624 e. The number of hydrogen-bond donors (Lipinski definition) is 1. The van der Waals surface area contributed by atoms with Gasteiger partial charge in [-0.2, -0.15) is 5.10 Å². The van der Waals surface area contributed by atoms with Crippen molar-refractivity contribution in [3.05, 3.63) is 17.5 Å². The van der Waals surface area contributed by atoms with Crippen LogP contribution in [0.2, 0.25) is 0 Å². The maximum absolute atomic E-state index is 6.41. The average molecular weight is 249 g/mol. The monoisotopic (exact) mass is 249 g/mol. The van der Waals surface area contributed by atoms with Gasteiger partial charge in [-0.3, -0.25) is 4.68 Å². The molecule has 3 atom stereocenters. The summed E-state index contributed by atoms with van der Waals surface area (Å²) in [7, 11) is 0. The summed E-state index contributed by atoms with van der Waals surface area (Å²) >= 11 is 0. The second-order valence-corrected chi connectivity index (χ2v) is 5.84. The minimum absolute atomic E-state index is 0.307. The number of aromatic nitrogens is 2. The molecule has 1 heterocycles. The van der Waals surface area contributed by atoms with Gasteiger partial charge in [0, 0.05) is 24.7 Å². The van der Waals surface area contributed by atoms with Crippen LogP contribution in [0.1, 0.15) is 51.4 Å². The van der Waals surface area contributed by atoms with Crippen LogP contribution in [-0.4, -0.2) is 15.8 Å². The van der Waals surface area contributed by atoms with Gasteiger partial charge in [0.25, 0.3) is 0 Å². The summed E-state index contributed by atoms with van der Waals surface area (Å²) in [5.41, 5.74) is 8.92. The van der Waals surface area contributed by atoms with Gasteiger partial charge in [-0.05, 0) is 44.1 Å². The second-order valence-electron chi connectivity index (χ2n) is 5.84. The zero-order valence-corrected chi connectivity index (χ0v) is 12.0. The molecule has 18 heavy (non-hydrogen) atoms. The molecule has 1 aromatic heterocycles. The van der Waals surface area contributed by atoms with E-state index in [0.29, 0.717) is 12.0 Å². The highest BCUT2D eigenvalue weighted by Gasteiger charge is 2.27. The zero-order valence-electron chi connectivity index (χ0n) is 12.0. The second kappa shape index (κ2) is 5.87. The lowest BCUT2D eigenvalue weighted by Gasteiger charge is -2.19. The third-order valence-corrected chi connectivity index (χ3v) is 4.36. The molecule has 1 aromatic rings. The molecule has 1 aliphatic carbocycles. The minimum atomic E-state index is 0.307. The standard InChI is InChI=1S/C15H27N3/c1-4-13-9-14(18(5-2)17-13)10-15(16)12-7-6-11(3)8-12/h9,11-12,15H,4-8,10,16H2,1-3H3. The summed E-state index contributed by atoms with van der Waals surface area (Å²) in [6, 6.07) is 2.54. The van der Waals surface area contributed by atoms with E-state index in [0.717, 1.165) is 25.3 Å². The van der Waals surface area contributed by atoms with E-state index in [2.05, 4.69) is 36.6 Å². The molecule has 3 unspecified atom stereocenters. The van der Waals surface area contributed by atoms with Crippen molar-refractivity contribution in [1.29, 1.82) is 0 Å². The number of nitrogens with two attached hydrogens (primary N) is 1. The molecule has 0 aliphatic heterocycles. The Labute approximate surface area is 111 Å². The van der Waals surface area contributed by atoms with Gasteiger partial charge < -0.3 is 5.73 Å². The van der Waals surface area contributed by atoms with Crippen LogP contribution >= 0.6 is 0 Å². The SMILES string of the molecule is CCc1cc(CC(N)C2CCC(C)C2)n(CC)n1. The average Bonchev–Trinajstić information content (AvgIpc) is 2.95. The van der Waals surface area contributed by atoms with Gasteiger partial charge in [0.1, 0.15) is 0 Å². The highest BCUT2D eigenvalue weighted by molar-refractivity contribution is 5.12. The van der Waals surface area contributed by atoms with E-state index in [1.807, 2.05) is 0 Å². The van der Waals surface area contributed by atoms with Crippen LogP contribution in [0.4, 0.5) is 0 Å². The van der Waals surface area contributed by atoms with Crippen molar-refractivity contribution in [1.82, 2.24) is 9.78 Å². The molecule has 0 radical (unpaired) electrons. The molecule has 3 nitrogen and oxygen atoms in total. The van der Waals surface area contributed by atoms with Gasteiger partial charge in [-0.15, -0.1) is 0 Å². The van der Waals surface area contributed by atoms with Crippen LogP contribution < -0.4 is 5.73 Å². The molecule has 1 aliphatic rings. The third-order valence-electron chi connectivity index (χ3n) is 4.36. The fourth-order valence-electron chi connectivity index (χ4n) is 3.17. The smallest absolute Gasteiger partial charge is 0.0624 e. The fourth-order valence-corrected chi connectivity index (χ4v) is 3.17. The lowest BCUT2D eigenvalue weighted by atomic mass is 9.94. The number of nitrogens with zero attached hydrogens (tertiary/aromatic N) is 2. The molecular weight excluding hydrogens is 222 g/mol. The third kappa shape index (κ3) is 2.94. The Kier molecular flexibility index (Phi) is 4.44. The Balaban J connectivity index is 2.01. The topological polar surface area (TPSA) is 43.8 Å². The van der Waals surface area contributed by atoms with Crippen LogP contribution in [0.25, 0.3) is 0 Å². The molecule has 1 saturated carbocycles. The summed E-state index contributed by atoms with van der Waals surface area (Å²) in [4.78, 5) is 0. The van der Waals surface area contributed by atoms with E-state index >= 15 is 0 Å². The predicted molar refractivity (Wildman–Crippen MR) is 75.5 cm³/mol. The van der Waals surface area contributed by atoms with Crippen LogP contribution in [0.5, 0.6) is 0 Å². The first kappa shape index (κ1) is 13.6. The van der Waals surface area contributed by atoms with Gasteiger partial charge in [0.05, 0.1) is 5.69 Å². The predicted octanol–water partition coefficient (Wildman–Crippen LogP) is 2.77. The summed E-state index contributed by atoms with van der Waals surface area (Å²) in [5, 5.41) is 4.60. The molecule has 2 rings (SSSR count). The zero-order chi connectivity index (χ0) is 13.1. The Hall–Kier alpha value is -0.830. The van der Waals surface area contributed by atoms with Crippen LogP contribution in [0, 0.1) is 11.8 Å². The van der Waals surface area contributed by atoms with E-state index in [1.165, 1.54) is 30.7 Å². The number of rotatable bonds is 5. The molecule has 0 amide bonds. The first-order valence-corrected chi connectivity index (χ1v) is 7.45. The van der Waals surface area contributed by atoms with Crippen molar-refractivity contribution in [2.75, 3.05) is 0 Å². The first-order chi connectivity index (χ1) is 8.63. The molecule has 0 bridgehead atoms. The Morgan fingerprint density at radius 3 is 2.78 bits per heavy atom. The summed E-state index contributed by atoms with van der Waals surface area (Å²) in [6.07, 6.45) is 5.96. The Morgan fingerprint density at radius 1 is 1.44 bits per heavy atom. The van der Waals surface area contributed by atoms with Crippen LogP contribution in [-0.2, 0) is 19.4 Å². The van der Waals surface area contributed by atoms with Crippen molar-refractivity contribution < 1.29 is 0 Å². The van der Waals surface area contributed by atoms with Crippen molar-refractivity contribution in [2.24, 2.45) is 17.6 Å². The largest absolute Gasteiger partial charge is 0.327 e. The highest BCUT2D eigenvalue weighted by atomic mass is 15.3.